The third-order valence-corrected chi connectivity index (χ3v) is 5.10. The van der Waals surface area contributed by atoms with Gasteiger partial charge in [-0.2, -0.15) is 0 Å². The van der Waals surface area contributed by atoms with E-state index in [9.17, 15) is 4.79 Å². The number of nitrogens with zero attached hydrogens (tertiary/aromatic N) is 1. The maximum Gasteiger partial charge on any atom is 0.410 e. The Morgan fingerprint density at radius 2 is 2.00 bits per heavy atom. The lowest BCUT2D eigenvalue weighted by Gasteiger charge is -2.39. The molecular formula is C18H34N2O2. The first-order valence-corrected chi connectivity index (χ1v) is 8.89. The van der Waals surface area contributed by atoms with E-state index in [-0.39, 0.29) is 6.09 Å². The van der Waals surface area contributed by atoms with Gasteiger partial charge < -0.3 is 15.0 Å². The minimum Gasteiger partial charge on any atom is -0.444 e. The van der Waals surface area contributed by atoms with Gasteiger partial charge in [-0.1, -0.05) is 26.7 Å². The molecule has 1 aliphatic carbocycles. The lowest BCUT2D eigenvalue weighted by Crippen LogP contribution is -2.46. The lowest BCUT2D eigenvalue weighted by molar-refractivity contribution is 0.0287. The van der Waals surface area contributed by atoms with E-state index in [4.69, 9.17) is 4.74 Å². The van der Waals surface area contributed by atoms with Crippen LogP contribution in [-0.2, 0) is 4.74 Å². The molecule has 2 atom stereocenters. The van der Waals surface area contributed by atoms with Crippen LogP contribution in [0.3, 0.4) is 0 Å². The minimum atomic E-state index is -0.403. The number of likely N-dealkylation sites (tertiary alicyclic amines) is 1. The molecule has 4 heteroatoms. The van der Waals surface area contributed by atoms with Crippen molar-refractivity contribution >= 4 is 6.09 Å². The number of carbonyl (C=O) groups excluding carboxylic acids is 1. The van der Waals surface area contributed by atoms with Crippen molar-refractivity contribution in [1.29, 1.82) is 0 Å². The van der Waals surface area contributed by atoms with Gasteiger partial charge in [-0.25, -0.2) is 4.79 Å². The third kappa shape index (κ3) is 4.87. The van der Waals surface area contributed by atoms with Crippen LogP contribution in [0.4, 0.5) is 4.79 Å². The molecule has 1 saturated carbocycles. The van der Waals surface area contributed by atoms with Crippen LogP contribution in [0.15, 0.2) is 0 Å². The molecule has 2 unspecified atom stereocenters. The van der Waals surface area contributed by atoms with Crippen molar-refractivity contribution in [1.82, 2.24) is 10.2 Å². The first-order chi connectivity index (χ1) is 10.2. The number of rotatable bonds is 3. The Kier molecular flexibility index (Phi) is 5.41. The van der Waals surface area contributed by atoms with Crippen LogP contribution in [0.1, 0.15) is 66.7 Å². The Morgan fingerprint density at radius 1 is 1.27 bits per heavy atom. The van der Waals surface area contributed by atoms with Gasteiger partial charge in [0.15, 0.2) is 0 Å². The molecule has 0 aromatic heterocycles. The van der Waals surface area contributed by atoms with E-state index in [0.717, 1.165) is 26.1 Å². The Bertz CT molecular complexity index is 387. The van der Waals surface area contributed by atoms with Gasteiger partial charge in [-0.3, -0.25) is 0 Å². The Hall–Kier alpha value is -0.770. The fourth-order valence-electron chi connectivity index (χ4n) is 3.67. The summed E-state index contributed by atoms with van der Waals surface area (Å²) in [7, 11) is 0. The smallest absolute Gasteiger partial charge is 0.410 e. The van der Waals surface area contributed by atoms with Crippen molar-refractivity contribution in [2.45, 2.75) is 78.4 Å². The van der Waals surface area contributed by atoms with Crippen LogP contribution in [0.25, 0.3) is 0 Å². The van der Waals surface area contributed by atoms with Gasteiger partial charge in [0, 0.05) is 19.1 Å². The zero-order chi connectivity index (χ0) is 16.4. The van der Waals surface area contributed by atoms with E-state index in [0.29, 0.717) is 17.4 Å². The topological polar surface area (TPSA) is 41.6 Å². The summed E-state index contributed by atoms with van der Waals surface area (Å²) in [6, 6.07) is 0.622. The number of hydrogen-bond acceptors (Lipinski definition) is 3. The standard InChI is InChI=1S/C18H34N2O2/c1-17(2,3)22-16(21)20-11-9-14(13-20)12-19-15-8-6-7-10-18(15,4)5/h14-15,19H,6-13H2,1-5H3. The molecule has 0 aromatic carbocycles. The number of carbonyl (C=O) groups is 1. The molecule has 22 heavy (non-hydrogen) atoms. The molecule has 1 N–H and O–H groups in total. The van der Waals surface area contributed by atoms with E-state index in [1.807, 2.05) is 25.7 Å². The summed E-state index contributed by atoms with van der Waals surface area (Å²) >= 11 is 0. The van der Waals surface area contributed by atoms with E-state index in [1.165, 1.54) is 25.7 Å². The average Bonchev–Trinajstić information content (AvgIpc) is 2.84. The third-order valence-electron chi connectivity index (χ3n) is 5.10. The number of hydrogen-bond donors (Lipinski definition) is 1. The van der Waals surface area contributed by atoms with Gasteiger partial charge in [0.25, 0.3) is 0 Å². The average molecular weight is 310 g/mol. The molecular weight excluding hydrogens is 276 g/mol. The second kappa shape index (κ2) is 6.77. The van der Waals surface area contributed by atoms with Gasteiger partial charge >= 0.3 is 6.09 Å². The van der Waals surface area contributed by atoms with E-state index >= 15 is 0 Å². The van der Waals surface area contributed by atoms with Crippen molar-refractivity contribution in [2.24, 2.45) is 11.3 Å². The number of ether oxygens (including phenoxy) is 1. The van der Waals surface area contributed by atoms with Crippen LogP contribution in [0.5, 0.6) is 0 Å². The van der Waals surface area contributed by atoms with Crippen molar-refractivity contribution in [3.63, 3.8) is 0 Å². The fraction of sp³-hybridized carbons (Fsp3) is 0.944. The number of nitrogens with one attached hydrogen (secondary N) is 1. The van der Waals surface area contributed by atoms with Gasteiger partial charge in [0.1, 0.15) is 5.60 Å². The van der Waals surface area contributed by atoms with Crippen LogP contribution in [0, 0.1) is 11.3 Å². The highest BCUT2D eigenvalue weighted by atomic mass is 16.6. The summed E-state index contributed by atoms with van der Waals surface area (Å²) in [5.74, 6) is 0.560. The predicted octanol–water partition coefficient (Wildman–Crippen LogP) is 3.80. The van der Waals surface area contributed by atoms with Crippen LogP contribution >= 0.6 is 0 Å². The molecule has 1 amide bonds. The van der Waals surface area contributed by atoms with E-state index in [2.05, 4.69) is 19.2 Å². The SMILES string of the molecule is CC(C)(C)OC(=O)N1CCC(CNC2CCCCC2(C)C)C1. The minimum absolute atomic E-state index is 0.159. The first-order valence-electron chi connectivity index (χ1n) is 8.89. The molecule has 2 fully saturated rings. The van der Waals surface area contributed by atoms with Gasteiger partial charge in [0.05, 0.1) is 0 Å². The van der Waals surface area contributed by atoms with E-state index < -0.39 is 5.60 Å². The van der Waals surface area contributed by atoms with Crippen molar-refractivity contribution < 1.29 is 9.53 Å². The Labute approximate surface area is 136 Å². The highest BCUT2D eigenvalue weighted by Crippen LogP contribution is 2.35. The van der Waals surface area contributed by atoms with Gasteiger partial charge in [-0.15, -0.1) is 0 Å². The van der Waals surface area contributed by atoms with E-state index in [1.54, 1.807) is 0 Å². The summed E-state index contributed by atoms with van der Waals surface area (Å²) in [6.45, 7) is 13.2. The summed E-state index contributed by atoms with van der Waals surface area (Å²) in [6.07, 6.45) is 6.23. The highest BCUT2D eigenvalue weighted by Gasteiger charge is 2.34. The maximum atomic E-state index is 12.1. The van der Waals surface area contributed by atoms with Crippen molar-refractivity contribution in [3.05, 3.63) is 0 Å². The molecule has 2 rings (SSSR count). The highest BCUT2D eigenvalue weighted by molar-refractivity contribution is 5.68. The zero-order valence-corrected chi connectivity index (χ0v) is 15.1. The molecule has 0 radical (unpaired) electrons. The first kappa shape index (κ1) is 17.6. The molecule has 128 valence electrons. The molecule has 2 aliphatic rings. The lowest BCUT2D eigenvalue weighted by atomic mass is 9.73. The molecule has 1 heterocycles. The summed E-state index contributed by atoms with van der Waals surface area (Å²) in [5.41, 5.74) is 0.00124. The van der Waals surface area contributed by atoms with Crippen molar-refractivity contribution in [2.75, 3.05) is 19.6 Å². The Balaban J connectivity index is 1.76. The fourth-order valence-corrected chi connectivity index (χ4v) is 3.67. The quantitative estimate of drug-likeness (QED) is 0.862. The van der Waals surface area contributed by atoms with Crippen LogP contribution < -0.4 is 5.32 Å². The van der Waals surface area contributed by atoms with Crippen LogP contribution in [0.2, 0.25) is 0 Å². The second-order valence-electron chi connectivity index (χ2n) is 8.78. The summed E-state index contributed by atoms with van der Waals surface area (Å²) in [4.78, 5) is 14.0. The second-order valence-corrected chi connectivity index (χ2v) is 8.78. The maximum absolute atomic E-state index is 12.1. The monoisotopic (exact) mass is 310 g/mol. The molecule has 1 aliphatic heterocycles. The largest absolute Gasteiger partial charge is 0.444 e. The molecule has 0 bridgehead atoms. The Morgan fingerprint density at radius 3 is 2.64 bits per heavy atom. The van der Waals surface area contributed by atoms with Crippen LogP contribution in [-0.4, -0.2) is 42.3 Å². The zero-order valence-electron chi connectivity index (χ0n) is 15.1. The molecule has 0 aromatic rings. The number of amides is 1. The molecule has 4 nitrogen and oxygen atoms in total. The van der Waals surface area contributed by atoms with Gasteiger partial charge in [-0.05, 0) is 57.9 Å². The van der Waals surface area contributed by atoms with Gasteiger partial charge in [0.2, 0.25) is 0 Å². The molecule has 0 spiro atoms. The predicted molar refractivity (Wildman–Crippen MR) is 90.0 cm³/mol. The summed E-state index contributed by atoms with van der Waals surface area (Å²) in [5, 5.41) is 3.78. The normalized spacial score (nSPS) is 28.7. The summed E-state index contributed by atoms with van der Waals surface area (Å²) < 4.78 is 5.46. The molecule has 1 saturated heterocycles. The van der Waals surface area contributed by atoms with Crippen molar-refractivity contribution in [3.8, 4) is 0 Å².